The van der Waals surface area contributed by atoms with E-state index in [9.17, 15) is 14.4 Å². The fourth-order valence-electron chi connectivity index (χ4n) is 3.15. The van der Waals surface area contributed by atoms with Crippen molar-refractivity contribution < 1.29 is 14.4 Å². The molecule has 1 aliphatic heterocycles. The van der Waals surface area contributed by atoms with Crippen LogP contribution < -0.4 is 5.32 Å². The van der Waals surface area contributed by atoms with Crippen LogP contribution in [0, 0.1) is 0 Å². The zero-order chi connectivity index (χ0) is 18.6. The molecule has 138 valence electrons. The van der Waals surface area contributed by atoms with Crippen molar-refractivity contribution >= 4 is 40.8 Å². The molecule has 0 aromatic carbocycles. The van der Waals surface area contributed by atoms with Gasteiger partial charge in [0, 0.05) is 11.9 Å². The minimum atomic E-state index is -0.860. The van der Waals surface area contributed by atoms with Crippen LogP contribution in [0.2, 0.25) is 4.34 Å². The molecule has 0 aliphatic carbocycles. The van der Waals surface area contributed by atoms with Gasteiger partial charge in [-0.1, -0.05) is 38.3 Å². The highest BCUT2D eigenvalue weighted by atomic mass is 35.5. The number of halogens is 1. The number of hydrogen-bond acceptors (Lipinski definition) is 4. The molecular weight excluding hydrogens is 362 g/mol. The summed E-state index contributed by atoms with van der Waals surface area (Å²) in [7, 11) is 1.65. The zero-order valence-corrected chi connectivity index (χ0v) is 16.4. The number of likely N-dealkylation sites (N-methyl/N-ethyl adjacent to an activating group) is 1. The van der Waals surface area contributed by atoms with Gasteiger partial charge in [0.05, 0.1) is 10.9 Å². The maximum Gasteiger partial charge on any atom is 0.325 e. The van der Waals surface area contributed by atoms with Gasteiger partial charge >= 0.3 is 6.03 Å². The Morgan fingerprint density at radius 3 is 2.44 bits per heavy atom. The summed E-state index contributed by atoms with van der Waals surface area (Å²) in [5, 5.41) is 2.82. The highest BCUT2D eigenvalue weighted by Crippen LogP contribution is 2.28. The Balaban J connectivity index is 2.04. The number of amides is 4. The average Bonchev–Trinajstić information content (AvgIpc) is 3.05. The molecule has 1 N–H and O–H groups in total. The van der Waals surface area contributed by atoms with E-state index in [1.807, 2.05) is 19.9 Å². The number of nitrogens with zero attached hydrogens (tertiary/aromatic N) is 2. The van der Waals surface area contributed by atoms with Gasteiger partial charge in [0.15, 0.2) is 0 Å². The van der Waals surface area contributed by atoms with E-state index in [-0.39, 0.29) is 18.4 Å². The van der Waals surface area contributed by atoms with Crippen LogP contribution >= 0.6 is 22.9 Å². The first-order chi connectivity index (χ1) is 11.8. The molecular formula is C17H24ClN3O3S. The molecule has 1 aromatic heterocycles. The Labute approximate surface area is 157 Å². The summed E-state index contributed by atoms with van der Waals surface area (Å²) < 4.78 is 0.661. The number of carbonyl (C=O) groups is 3. The van der Waals surface area contributed by atoms with Crippen LogP contribution in [0.1, 0.15) is 44.4 Å². The SMILES string of the molecule is CCCC1(CCC)NC(=O)N(CC(=O)N(C)Cc2ccc(Cl)s2)C1=O. The summed E-state index contributed by atoms with van der Waals surface area (Å²) in [6.45, 7) is 4.11. The highest BCUT2D eigenvalue weighted by Gasteiger charge is 2.50. The second-order valence-electron chi connectivity index (χ2n) is 6.36. The van der Waals surface area contributed by atoms with Crippen molar-refractivity contribution in [3.63, 3.8) is 0 Å². The van der Waals surface area contributed by atoms with Gasteiger partial charge in [-0.25, -0.2) is 4.79 Å². The molecule has 8 heteroatoms. The second kappa shape index (κ2) is 8.19. The molecule has 1 saturated heterocycles. The number of thiophene rings is 1. The van der Waals surface area contributed by atoms with Gasteiger partial charge in [0.2, 0.25) is 5.91 Å². The summed E-state index contributed by atoms with van der Waals surface area (Å²) in [5.41, 5.74) is -0.860. The van der Waals surface area contributed by atoms with E-state index in [0.717, 1.165) is 22.6 Å². The van der Waals surface area contributed by atoms with Crippen LogP contribution in [-0.2, 0) is 16.1 Å². The molecule has 1 aromatic rings. The van der Waals surface area contributed by atoms with Gasteiger partial charge in [-0.2, -0.15) is 0 Å². The van der Waals surface area contributed by atoms with Crippen LogP contribution in [0.15, 0.2) is 12.1 Å². The lowest BCUT2D eigenvalue weighted by Crippen LogP contribution is -2.47. The Morgan fingerprint density at radius 1 is 1.28 bits per heavy atom. The predicted molar refractivity (Wildman–Crippen MR) is 98.6 cm³/mol. The Hall–Kier alpha value is -1.60. The van der Waals surface area contributed by atoms with E-state index in [1.54, 1.807) is 13.1 Å². The Bertz CT molecular complexity index is 655. The molecule has 0 atom stereocenters. The van der Waals surface area contributed by atoms with E-state index in [2.05, 4.69) is 5.32 Å². The third kappa shape index (κ3) is 4.33. The van der Waals surface area contributed by atoms with Gasteiger partial charge in [0.25, 0.3) is 5.91 Å². The van der Waals surface area contributed by atoms with E-state index >= 15 is 0 Å². The number of urea groups is 1. The second-order valence-corrected chi connectivity index (χ2v) is 8.16. The molecule has 0 bridgehead atoms. The molecule has 0 radical (unpaired) electrons. The smallest absolute Gasteiger partial charge is 0.325 e. The topological polar surface area (TPSA) is 69.7 Å². The summed E-state index contributed by atoms with van der Waals surface area (Å²) in [6.07, 6.45) is 2.74. The van der Waals surface area contributed by atoms with E-state index in [1.165, 1.54) is 16.2 Å². The molecule has 1 fully saturated rings. The van der Waals surface area contributed by atoms with Crippen LogP contribution in [0.5, 0.6) is 0 Å². The predicted octanol–water partition coefficient (Wildman–Crippen LogP) is 3.25. The van der Waals surface area contributed by atoms with Gasteiger partial charge in [-0.3, -0.25) is 14.5 Å². The van der Waals surface area contributed by atoms with Crippen LogP contribution in [0.3, 0.4) is 0 Å². The number of nitrogens with one attached hydrogen (secondary N) is 1. The van der Waals surface area contributed by atoms with Gasteiger partial charge < -0.3 is 10.2 Å². The minimum Gasteiger partial charge on any atom is -0.339 e. The molecule has 6 nitrogen and oxygen atoms in total. The normalized spacial score (nSPS) is 16.2. The molecule has 2 heterocycles. The lowest BCUT2D eigenvalue weighted by Gasteiger charge is -2.26. The molecule has 2 rings (SSSR count). The van der Waals surface area contributed by atoms with E-state index in [4.69, 9.17) is 11.6 Å². The van der Waals surface area contributed by atoms with Gasteiger partial charge in [-0.15, -0.1) is 11.3 Å². The van der Waals surface area contributed by atoms with Crippen LogP contribution in [-0.4, -0.2) is 46.8 Å². The Kier molecular flexibility index (Phi) is 6.46. The van der Waals surface area contributed by atoms with Crippen molar-refractivity contribution in [2.24, 2.45) is 0 Å². The molecule has 0 spiro atoms. The fraction of sp³-hybridized carbons (Fsp3) is 0.588. The maximum absolute atomic E-state index is 12.8. The van der Waals surface area contributed by atoms with Crippen molar-refractivity contribution in [3.05, 3.63) is 21.3 Å². The summed E-state index contributed by atoms with van der Waals surface area (Å²) in [4.78, 5) is 41.0. The van der Waals surface area contributed by atoms with Crippen molar-refractivity contribution in [3.8, 4) is 0 Å². The lowest BCUT2D eigenvalue weighted by atomic mass is 9.88. The van der Waals surface area contributed by atoms with E-state index in [0.29, 0.717) is 23.7 Å². The van der Waals surface area contributed by atoms with Crippen molar-refractivity contribution in [2.45, 2.75) is 51.6 Å². The Morgan fingerprint density at radius 2 is 1.92 bits per heavy atom. The zero-order valence-electron chi connectivity index (χ0n) is 14.8. The molecule has 1 aliphatic rings. The molecule has 25 heavy (non-hydrogen) atoms. The monoisotopic (exact) mass is 385 g/mol. The van der Waals surface area contributed by atoms with Crippen LogP contribution in [0.4, 0.5) is 4.79 Å². The summed E-state index contributed by atoms with van der Waals surface area (Å²) in [5.74, 6) is -0.570. The largest absolute Gasteiger partial charge is 0.339 e. The highest BCUT2D eigenvalue weighted by molar-refractivity contribution is 7.16. The number of hydrogen-bond donors (Lipinski definition) is 1. The number of imide groups is 1. The first-order valence-corrected chi connectivity index (χ1v) is 9.64. The van der Waals surface area contributed by atoms with Crippen molar-refractivity contribution in [1.29, 1.82) is 0 Å². The number of carbonyl (C=O) groups excluding carboxylic acids is 3. The van der Waals surface area contributed by atoms with Crippen molar-refractivity contribution in [2.75, 3.05) is 13.6 Å². The summed E-state index contributed by atoms with van der Waals surface area (Å²) >= 11 is 7.30. The molecule has 0 saturated carbocycles. The lowest BCUT2D eigenvalue weighted by molar-refractivity contribution is -0.138. The number of rotatable bonds is 8. The van der Waals surface area contributed by atoms with Crippen LogP contribution in [0.25, 0.3) is 0 Å². The summed E-state index contributed by atoms with van der Waals surface area (Å²) in [6, 6.07) is 3.16. The molecule has 0 unspecified atom stereocenters. The third-order valence-corrected chi connectivity index (χ3v) is 5.56. The first kappa shape index (κ1) is 19.7. The maximum atomic E-state index is 12.8. The van der Waals surface area contributed by atoms with Gasteiger partial charge in [0.1, 0.15) is 12.1 Å². The fourth-order valence-corrected chi connectivity index (χ4v) is 4.29. The minimum absolute atomic E-state index is 0.241. The first-order valence-electron chi connectivity index (χ1n) is 8.45. The standard InChI is InChI=1S/C17H24ClN3O3S/c1-4-8-17(9-5-2)15(23)21(16(24)19-17)11-14(22)20(3)10-12-6-7-13(18)25-12/h6-7H,4-5,8-11H2,1-3H3,(H,19,24). The quantitative estimate of drug-likeness (QED) is 0.698. The molecule has 4 amide bonds. The van der Waals surface area contributed by atoms with E-state index < -0.39 is 11.6 Å². The van der Waals surface area contributed by atoms with Crippen molar-refractivity contribution in [1.82, 2.24) is 15.1 Å². The third-order valence-electron chi connectivity index (χ3n) is 4.34. The van der Waals surface area contributed by atoms with Gasteiger partial charge in [-0.05, 0) is 25.0 Å². The average molecular weight is 386 g/mol.